The molecule has 0 aliphatic carbocycles. The van der Waals surface area contributed by atoms with E-state index in [2.05, 4.69) is 5.32 Å². The van der Waals surface area contributed by atoms with Crippen molar-refractivity contribution in [2.75, 3.05) is 25.4 Å². The van der Waals surface area contributed by atoms with Crippen LogP contribution in [0.4, 0.5) is 11.4 Å². The molecule has 7 nitrogen and oxygen atoms in total. The third-order valence-corrected chi connectivity index (χ3v) is 3.27. The molecule has 3 N–H and O–H groups in total. The normalized spacial score (nSPS) is 19.2. The highest BCUT2D eigenvalue weighted by Crippen LogP contribution is 2.26. The average Bonchev–Trinajstić information content (AvgIpc) is 2.38. The lowest BCUT2D eigenvalue weighted by atomic mass is 10.1. The number of hydrogen-bond donors (Lipinski definition) is 2. The van der Waals surface area contributed by atoms with Gasteiger partial charge in [-0.15, -0.1) is 0 Å². The minimum atomic E-state index is -0.576. The number of piperazine rings is 1. The van der Waals surface area contributed by atoms with Gasteiger partial charge in [-0.05, 0) is 13.0 Å². The molecule has 1 atom stereocenters. The van der Waals surface area contributed by atoms with Gasteiger partial charge in [0.25, 0.3) is 11.6 Å². The average molecular weight is 264 g/mol. The molecular formula is C12H16N4O3. The summed E-state index contributed by atoms with van der Waals surface area (Å²) in [7, 11) is 0. The lowest BCUT2D eigenvalue weighted by molar-refractivity contribution is -0.383. The van der Waals surface area contributed by atoms with E-state index in [0.717, 1.165) is 0 Å². The Bertz CT molecular complexity index is 518. The number of nitro groups is 1. The molecule has 0 radical (unpaired) electrons. The van der Waals surface area contributed by atoms with E-state index in [1.54, 1.807) is 4.90 Å². The Morgan fingerprint density at radius 1 is 1.58 bits per heavy atom. The molecule has 1 aliphatic heterocycles. The van der Waals surface area contributed by atoms with Crippen molar-refractivity contribution < 1.29 is 9.72 Å². The number of anilines is 1. The molecule has 1 aromatic carbocycles. The number of nitrogen functional groups attached to an aromatic ring is 1. The maximum absolute atomic E-state index is 12.4. The zero-order valence-corrected chi connectivity index (χ0v) is 10.6. The molecule has 102 valence electrons. The van der Waals surface area contributed by atoms with Gasteiger partial charge in [-0.25, -0.2) is 0 Å². The fourth-order valence-electron chi connectivity index (χ4n) is 2.20. The van der Waals surface area contributed by atoms with Crippen LogP contribution in [-0.4, -0.2) is 41.4 Å². The van der Waals surface area contributed by atoms with Gasteiger partial charge in [0, 0.05) is 31.7 Å². The Kier molecular flexibility index (Phi) is 3.66. The zero-order valence-electron chi connectivity index (χ0n) is 10.6. The minimum absolute atomic E-state index is 0.0416. The molecule has 1 amide bonds. The molecule has 7 heteroatoms. The number of nitrogens with zero attached hydrogens (tertiary/aromatic N) is 2. The molecular weight excluding hydrogens is 248 g/mol. The summed E-state index contributed by atoms with van der Waals surface area (Å²) in [5.41, 5.74) is 5.64. The number of nitrogens with two attached hydrogens (primary N) is 1. The fraction of sp³-hybridized carbons (Fsp3) is 0.417. The summed E-state index contributed by atoms with van der Waals surface area (Å²) < 4.78 is 0. The number of para-hydroxylation sites is 1. The highest BCUT2D eigenvalue weighted by atomic mass is 16.6. The van der Waals surface area contributed by atoms with Crippen LogP contribution in [0.5, 0.6) is 0 Å². The number of hydrogen-bond acceptors (Lipinski definition) is 5. The van der Waals surface area contributed by atoms with E-state index in [0.29, 0.717) is 19.6 Å². The molecule has 1 heterocycles. The summed E-state index contributed by atoms with van der Waals surface area (Å²) in [6, 6.07) is 4.35. The van der Waals surface area contributed by atoms with Gasteiger partial charge in [-0.3, -0.25) is 14.9 Å². The quantitative estimate of drug-likeness (QED) is 0.463. The smallest absolute Gasteiger partial charge is 0.292 e. The molecule has 2 rings (SSSR count). The van der Waals surface area contributed by atoms with Crippen LogP contribution in [-0.2, 0) is 0 Å². The molecule has 0 unspecified atom stereocenters. The maximum atomic E-state index is 12.4. The van der Waals surface area contributed by atoms with E-state index in [1.165, 1.54) is 18.2 Å². The van der Waals surface area contributed by atoms with Crippen molar-refractivity contribution in [1.29, 1.82) is 0 Å². The summed E-state index contributed by atoms with van der Waals surface area (Å²) >= 11 is 0. The van der Waals surface area contributed by atoms with E-state index >= 15 is 0 Å². The maximum Gasteiger partial charge on any atom is 0.292 e. The van der Waals surface area contributed by atoms with Crippen LogP contribution in [0.2, 0.25) is 0 Å². The Hall–Kier alpha value is -2.15. The number of nitro benzene ring substituents is 1. The first-order valence-electron chi connectivity index (χ1n) is 6.07. The molecule has 0 bridgehead atoms. The van der Waals surface area contributed by atoms with Gasteiger partial charge in [0.05, 0.1) is 10.5 Å². The first kappa shape index (κ1) is 13.3. The lowest BCUT2D eigenvalue weighted by Gasteiger charge is -2.34. The second-order valence-electron chi connectivity index (χ2n) is 4.55. The number of rotatable bonds is 2. The van der Waals surface area contributed by atoms with Gasteiger partial charge in [0.1, 0.15) is 5.69 Å². The predicted octanol–water partition coefficient (Wildman–Crippen LogP) is 0.611. The van der Waals surface area contributed by atoms with Crippen molar-refractivity contribution in [2.24, 2.45) is 0 Å². The Morgan fingerprint density at radius 3 is 2.95 bits per heavy atom. The Labute approximate surface area is 110 Å². The highest BCUT2D eigenvalue weighted by Gasteiger charge is 2.27. The second kappa shape index (κ2) is 5.23. The number of nitrogens with one attached hydrogen (secondary N) is 1. The van der Waals surface area contributed by atoms with Gasteiger partial charge >= 0.3 is 0 Å². The number of amides is 1. The summed E-state index contributed by atoms with van der Waals surface area (Å²) in [5, 5.41) is 14.0. The van der Waals surface area contributed by atoms with E-state index in [1.807, 2.05) is 6.92 Å². The molecule has 1 aliphatic rings. The molecule has 1 fully saturated rings. The van der Waals surface area contributed by atoms with Gasteiger partial charge in [0.15, 0.2) is 0 Å². The largest absolute Gasteiger partial charge is 0.393 e. The van der Waals surface area contributed by atoms with E-state index in [9.17, 15) is 14.9 Å². The number of carbonyl (C=O) groups is 1. The van der Waals surface area contributed by atoms with Gasteiger partial charge in [-0.2, -0.15) is 0 Å². The zero-order chi connectivity index (χ0) is 14.0. The van der Waals surface area contributed by atoms with Gasteiger partial charge < -0.3 is 16.0 Å². The molecule has 0 spiro atoms. The second-order valence-corrected chi connectivity index (χ2v) is 4.55. The molecule has 1 saturated heterocycles. The van der Waals surface area contributed by atoms with Crippen LogP contribution < -0.4 is 11.1 Å². The van der Waals surface area contributed by atoms with Crippen molar-refractivity contribution in [2.45, 2.75) is 13.0 Å². The number of benzene rings is 1. The lowest BCUT2D eigenvalue weighted by Crippen LogP contribution is -2.52. The molecule has 1 aromatic rings. The predicted molar refractivity (Wildman–Crippen MR) is 70.9 cm³/mol. The first-order valence-corrected chi connectivity index (χ1v) is 6.07. The van der Waals surface area contributed by atoms with E-state index in [4.69, 9.17) is 5.73 Å². The van der Waals surface area contributed by atoms with Crippen LogP contribution in [0.1, 0.15) is 17.3 Å². The third-order valence-electron chi connectivity index (χ3n) is 3.27. The molecule has 0 saturated carbocycles. The van der Waals surface area contributed by atoms with Crippen molar-refractivity contribution in [3.8, 4) is 0 Å². The van der Waals surface area contributed by atoms with E-state index < -0.39 is 4.92 Å². The van der Waals surface area contributed by atoms with Crippen LogP contribution in [0, 0.1) is 10.1 Å². The highest BCUT2D eigenvalue weighted by molar-refractivity contribution is 6.01. The summed E-state index contributed by atoms with van der Waals surface area (Å²) in [6.07, 6.45) is 0. The minimum Gasteiger partial charge on any atom is -0.393 e. The summed E-state index contributed by atoms with van der Waals surface area (Å²) in [4.78, 5) is 24.3. The van der Waals surface area contributed by atoms with Crippen LogP contribution >= 0.6 is 0 Å². The van der Waals surface area contributed by atoms with Crippen molar-refractivity contribution in [3.63, 3.8) is 0 Å². The molecule has 19 heavy (non-hydrogen) atoms. The topological polar surface area (TPSA) is 102 Å². The molecule has 0 aromatic heterocycles. The van der Waals surface area contributed by atoms with Crippen molar-refractivity contribution in [3.05, 3.63) is 33.9 Å². The van der Waals surface area contributed by atoms with Crippen molar-refractivity contribution in [1.82, 2.24) is 10.2 Å². The van der Waals surface area contributed by atoms with Crippen LogP contribution in [0.3, 0.4) is 0 Å². The fourth-order valence-corrected chi connectivity index (χ4v) is 2.20. The van der Waals surface area contributed by atoms with Gasteiger partial charge in [-0.1, -0.05) is 6.07 Å². The third kappa shape index (κ3) is 2.50. The van der Waals surface area contributed by atoms with Crippen molar-refractivity contribution >= 4 is 17.3 Å². The monoisotopic (exact) mass is 264 g/mol. The SMILES string of the molecule is C[C@H]1CNCCN1C(=O)c1cccc([N+](=O)[O-])c1N. The van der Waals surface area contributed by atoms with E-state index in [-0.39, 0.29) is 28.9 Å². The van der Waals surface area contributed by atoms with Crippen LogP contribution in [0.25, 0.3) is 0 Å². The standard InChI is InChI=1S/C12H16N4O3/c1-8-7-14-5-6-15(8)12(17)9-3-2-4-10(11(9)13)16(18)19/h2-4,8,14H,5-7,13H2,1H3/t8-/m0/s1. The summed E-state index contributed by atoms with van der Waals surface area (Å²) in [6.45, 7) is 3.92. The summed E-state index contributed by atoms with van der Waals surface area (Å²) in [5.74, 6) is -0.254. The van der Waals surface area contributed by atoms with Gasteiger partial charge in [0.2, 0.25) is 0 Å². The number of carbonyl (C=O) groups excluding carboxylic acids is 1. The first-order chi connectivity index (χ1) is 9.02. The van der Waals surface area contributed by atoms with Crippen LogP contribution in [0.15, 0.2) is 18.2 Å². The Balaban J connectivity index is 2.33. The Morgan fingerprint density at radius 2 is 2.32 bits per heavy atom.